The Balaban J connectivity index is 1.83. The van der Waals surface area contributed by atoms with Gasteiger partial charge in [-0.1, -0.05) is 12.8 Å². The van der Waals surface area contributed by atoms with E-state index in [2.05, 4.69) is 12.6 Å². The fourth-order valence-corrected chi connectivity index (χ4v) is 3.17. The summed E-state index contributed by atoms with van der Waals surface area (Å²) < 4.78 is 0. The van der Waals surface area contributed by atoms with Gasteiger partial charge in [0.2, 0.25) is 5.91 Å². The van der Waals surface area contributed by atoms with Gasteiger partial charge in [0.25, 0.3) is 0 Å². The van der Waals surface area contributed by atoms with Gasteiger partial charge in [0.1, 0.15) is 0 Å². The normalized spacial score (nSPS) is 24.6. The zero-order valence-corrected chi connectivity index (χ0v) is 11.5. The van der Waals surface area contributed by atoms with Crippen LogP contribution in [0.5, 0.6) is 0 Å². The van der Waals surface area contributed by atoms with Gasteiger partial charge in [-0.05, 0) is 36.9 Å². The first-order chi connectivity index (χ1) is 7.99. The number of thiol groups is 1. The maximum atomic E-state index is 12.1. The summed E-state index contributed by atoms with van der Waals surface area (Å²) in [4.78, 5) is 13.8. The first kappa shape index (κ1) is 13.2. The number of carbonyl (C=O) groups excluding carboxylic acids is 1. The maximum absolute atomic E-state index is 12.1. The van der Waals surface area contributed by atoms with Crippen molar-refractivity contribution in [3.63, 3.8) is 0 Å². The van der Waals surface area contributed by atoms with E-state index in [0.29, 0.717) is 13.0 Å². The molecule has 0 spiro atoms. The largest absolute Gasteiger partial charge is 0.388 e. The van der Waals surface area contributed by atoms with Crippen molar-refractivity contribution in [3.8, 4) is 0 Å². The van der Waals surface area contributed by atoms with Crippen LogP contribution in [0.25, 0.3) is 0 Å². The van der Waals surface area contributed by atoms with E-state index in [1.54, 1.807) is 4.90 Å². The monoisotopic (exact) mass is 257 g/mol. The Labute approximate surface area is 109 Å². The summed E-state index contributed by atoms with van der Waals surface area (Å²) in [6.07, 6.45) is 6.69. The fraction of sp³-hybridized carbons (Fsp3) is 0.923. The smallest absolute Gasteiger partial charge is 0.222 e. The molecule has 2 saturated carbocycles. The maximum Gasteiger partial charge on any atom is 0.222 e. The van der Waals surface area contributed by atoms with E-state index < -0.39 is 5.60 Å². The van der Waals surface area contributed by atoms with Gasteiger partial charge in [-0.2, -0.15) is 12.6 Å². The Bertz CT molecular complexity index is 296. The molecule has 98 valence electrons. The highest BCUT2D eigenvalue weighted by atomic mass is 32.1. The molecule has 17 heavy (non-hydrogen) atoms. The molecule has 2 fully saturated rings. The molecule has 3 nitrogen and oxygen atoms in total. The van der Waals surface area contributed by atoms with Crippen LogP contribution in [0.2, 0.25) is 0 Å². The predicted molar refractivity (Wildman–Crippen MR) is 71.2 cm³/mol. The lowest BCUT2D eigenvalue weighted by Crippen LogP contribution is -2.42. The first-order valence-corrected chi connectivity index (χ1v) is 7.19. The fourth-order valence-electron chi connectivity index (χ4n) is 2.74. The van der Waals surface area contributed by atoms with Gasteiger partial charge in [0.05, 0.1) is 5.60 Å². The lowest BCUT2D eigenvalue weighted by molar-refractivity contribution is -0.134. The molecule has 1 amide bonds. The number of nitrogens with zero attached hydrogens (tertiary/aromatic N) is 1. The van der Waals surface area contributed by atoms with E-state index in [0.717, 1.165) is 44.3 Å². The summed E-state index contributed by atoms with van der Waals surface area (Å²) in [7, 11) is 1.81. The highest BCUT2D eigenvalue weighted by Gasteiger charge is 2.44. The molecule has 2 aliphatic carbocycles. The number of carbonyl (C=O) groups is 1. The summed E-state index contributed by atoms with van der Waals surface area (Å²) >= 11 is 4.32. The summed E-state index contributed by atoms with van der Waals surface area (Å²) in [5, 5.41) is 10.3. The van der Waals surface area contributed by atoms with Crippen LogP contribution in [0.3, 0.4) is 0 Å². The highest BCUT2D eigenvalue weighted by molar-refractivity contribution is 7.80. The molecule has 2 rings (SSSR count). The minimum atomic E-state index is -0.623. The van der Waals surface area contributed by atoms with Crippen LogP contribution in [0.1, 0.15) is 44.9 Å². The lowest BCUT2D eigenvalue weighted by Gasteiger charge is -2.29. The third-order valence-electron chi connectivity index (χ3n) is 4.31. The van der Waals surface area contributed by atoms with Gasteiger partial charge in [0, 0.05) is 20.0 Å². The Hall–Kier alpha value is -0.220. The number of amides is 1. The molecule has 0 atom stereocenters. The number of rotatable bonds is 5. The van der Waals surface area contributed by atoms with Crippen LogP contribution in [-0.4, -0.2) is 40.9 Å². The molecule has 0 radical (unpaired) electrons. The summed E-state index contributed by atoms with van der Waals surface area (Å²) in [5.41, 5.74) is -0.450. The first-order valence-electron chi connectivity index (χ1n) is 6.56. The molecule has 0 aromatic rings. The molecule has 0 unspecified atom stereocenters. The second-order valence-electron chi connectivity index (χ2n) is 6.02. The number of hydrogen-bond donors (Lipinski definition) is 2. The molecule has 0 aromatic carbocycles. The molecule has 4 heteroatoms. The van der Waals surface area contributed by atoms with Crippen LogP contribution < -0.4 is 0 Å². The molecular formula is C13H23NO2S. The minimum Gasteiger partial charge on any atom is -0.388 e. The Morgan fingerprint density at radius 3 is 2.35 bits per heavy atom. The zero-order chi connectivity index (χ0) is 12.5. The molecule has 0 aromatic heterocycles. The van der Waals surface area contributed by atoms with Crippen molar-refractivity contribution in [2.45, 2.75) is 50.5 Å². The van der Waals surface area contributed by atoms with Crippen molar-refractivity contribution in [1.82, 2.24) is 4.90 Å². The van der Waals surface area contributed by atoms with E-state index in [9.17, 15) is 9.90 Å². The molecule has 0 aliphatic heterocycles. The molecule has 2 aliphatic rings. The van der Waals surface area contributed by atoms with Crippen LogP contribution in [0, 0.1) is 5.41 Å². The van der Waals surface area contributed by atoms with Crippen molar-refractivity contribution in [2.24, 2.45) is 5.41 Å². The summed E-state index contributed by atoms with van der Waals surface area (Å²) in [6.45, 7) is 0.495. The number of hydrogen-bond acceptors (Lipinski definition) is 3. The van der Waals surface area contributed by atoms with Crippen molar-refractivity contribution < 1.29 is 9.90 Å². The quantitative estimate of drug-likeness (QED) is 0.738. The second-order valence-corrected chi connectivity index (χ2v) is 6.33. The average molecular weight is 257 g/mol. The van der Waals surface area contributed by atoms with E-state index in [1.165, 1.54) is 0 Å². The molecular weight excluding hydrogens is 234 g/mol. The van der Waals surface area contributed by atoms with E-state index in [1.807, 2.05) is 7.05 Å². The van der Waals surface area contributed by atoms with Crippen molar-refractivity contribution in [2.75, 3.05) is 19.3 Å². The van der Waals surface area contributed by atoms with Gasteiger partial charge in [-0.15, -0.1) is 0 Å². The zero-order valence-electron chi connectivity index (χ0n) is 10.6. The lowest BCUT2D eigenvalue weighted by atomic mass is 10.0. The van der Waals surface area contributed by atoms with Crippen molar-refractivity contribution >= 4 is 18.5 Å². The van der Waals surface area contributed by atoms with Gasteiger partial charge < -0.3 is 10.0 Å². The van der Waals surface area contributed by atoms with Crippen LogP contribution in [-0.2, 0) is 4.79 Å². The average Bonchev–Trinajstić information content (AvgIpc) is 2.93. The van der Waals surface area contributed by atoms with Crippen LogP contribution >= 0.6 is 12.6 Å². The predicted octanol–water partition coefficient (Wildman–Crippen LogP) is 1.85. The molecule has 0 saturated heterocycles. The van der Waals surface area contributed by atoms with E-state index in [-0.39, 0.29) is 11.3 Å². The summed E-state index contributed by atoms with van der Waals surface area (Å²) in [6, 6.07) is 0. The highest BCUT2D eigenvalue weighted by Crippen LogP contribution is 2.49. The molecule has 0 bridgehead atoms. The Morgan fingerprint density at radius 2 is 1.88 bits per heavy atom. The third-order valence-corrected chi connectivity index (χ3v) is 4.98. The second kappa shape index (κ2) is 4.81. The van der Waals surface area contributed by atoms with Crippen LogP contribution in [0.4, 0.5) is 0 Å². The van der Waals surface area contributed by atoms with Gasteiger partial charge in [-0.3, -0.25) is 4.79 Å². The van der Waals surface area contributed by atoms with Gasteiger partial charge in [0.15, 0.2) is 0 Å². The van der Waals surface area contributed by atoms with Crippen molar-refractivity contribution in [1.29, 1.82) is 0 Å². The van der Waals surface area contributed by atoms with Gasteiger partial charge in [-0.25, -0.2) is 0 Å². The standard InChI is InChI=1S/C13H23NO2S/c1-14(9-13(16)4-2-3-5-13)11(15)8-12(10-17)6-7-12/h16-17H,2-10H2,1H3. The van der Waals surface area contributed by atoms with Gasteiger partial charge >= 0.3 is 0 Å². The van der Waals surface area contributed by atoms with Crippen LogP contribution in [0.15, 0.2) is 0 Å². The number of aliphatic hydroxyl groups is 1. The van der Waals surface area contributed by atoms with E-state index >= 15 is 0 Å². The summed E-state index contributed by atoms with van der Waals surface area (Å²) in [5.74, 6) is 0.966. The molecule has 1 N–H and O–H groups in total. The Kier molecular flexibility index (Phi) is 3.74. The third kappa shape index (κ3) is 3.16. The molecule has 0 heterocycles. The minimum absolute atomic E-state index is 0.164. The topological polar surface area (TPSA) is 40.5 Å². The van der Waals surface area contributed by atoms with E-state index in [4.69, 9.17) is 0 Å². The van der Waals surface area contributed by atoms with Crippen molar-refractivity contribution in [3.05, 3.63) is 0 Å². The number of likely N-dealkylation sites (N-methyl/N-ethyl adjacent to an activating group) is 1. The SMILES string of the molecule is CN(CC1(O)CCCC1)C(=O)CC1(CS)CC1. The Morgan fingerprint density at radius 1 is 1.29 bits per heavy atom.